The number of nitrogens with zero attached hydrogens (tertiary/aromatic N) is 2. The largest absolute Gasteiger partial charge is 0.471 e. The van der Waals surface area contributed by atoms with Gasteiger partial charge in [0.1, 0.15) is 6.10 Å². The highest BCUT2D eigenvalue weighted by Crippen LogP contribution is 2.13. The molecule has 2 heterocycles. The maximum Gasteiger partial charge on any atom is 0.232 e. The van der Waals surface area contributed by atoms with E-state index in [1.807, 2.05) is 0 Å². The maximum atomic E-state index is 5.67. The van der Waals surface area contributed by atoms with Crippen LogP contribution in [0.4, 0.5) is 0 Å². The van der Waals surface area contributed by atoms with E-state index in [1.54, 1.807) is 12.4 Å². The van der Waals surface area contributed by atoms with Gasteiger partial charge in [0.05, 0.1) is 25.1 Å². The van der Waals surface area contributed by atoms with E-state index in [1.165, 1.54) is 0 Å². The minimum atomic E-state index is 0.128. The van der Waals surface area contributed by atoms with Crippen LogP contribution in [0.25, 0.3) is 0 Å². The Labute approximate surface area is 95.2 Å². The van der Waals surface area contributed by atoms with Gasteiger partial charge in [-0.15, -0.1) is 0 Å². The summed E-state index contributed by atoms with van der Waals surface area (Å²) in [5, 5.41) is 3.20. The molecular weight excluding hydrogens is 206 g/mol. The minimum Gasteiger partial charge on any atom is -0.471 e. The molecular formula is C11H17N3O2. The number of rotatable bonds is 5. The molecule has 1 aliphatic rings. The molecule has 0 bridgehead atoms. The van der Waals surface area contributed by atoms with E-state index >= 15 is 0 Å². The molecule has 1 aromatic heterocycles. The third-order valence-corrected chi connectivity index (χ3v) is 2.39. The van der Waals surface area contributed by atoms with Crippen molar-refractivity contribution in [3.8, 4) is 5.88 Å². The number of nitrogens with one attached hydrogen (secondary N) is 1. The van der Waals surface area contributed by atoms with Crippen LogP contribution in [-0.2, 0) is 11.3 Å². The normalized spacial score (nSPS) is 19.9. The molecule has 1 aliphatic heterocycles. The van der Waals surface area contributed by atoms with Gasteiger partial charge in [-0.2, -0.15) is 0 Å². The molecule has 0 spiro atoms. The van der Waals surface area contributed by atoms with Crippen molar-refractivity contribution >= 4 is 0 Å². The molecule has 1 saturated heterocycles. The zero-order chi connectivity index (χ0) is 11.2. The first-order chi connectivity index (χ1) is 7.88. The summed E-state index contributed by atoms with van der Waals surface area (Å²) in [6, 6.07) is 0. The van der Waals surface area contributed by atoms with Crippen LogP contribution in [0.3, 0.4) is 0 Å². The smallest absolute Gasteiger partial charge is 0.232 e. The summed E-state index contributed by atoms with van der Waals surface area (Å²) in [4.78, 5) is 8.48. The van der Waals surface area contributed by atoms with Gasteiger partial charge in [-0.25, -0.2) is 4.98 Å². The lowest BCUT2D eigenvalue weighted by Crippen LogP contribution is -2.18. The van der Waals surface area contributed by atoms with Crippen molar-refractivity contribution in [2.24, 2.45) is 0 Å². The monoisotopic (exact) mass is 223 g/mol. The average molecular weight is 223 g/mol. The van der Waals surface area contributed by atoms with Crippen molar-refractivity contribution in [3.05, 3.63) is 18.1 Å². The van der Waals surface area contributed by atoms with Crippen molar-refractivity contribution in [2.45, 2.75) is 26.0 Å². The lowest BCUT2D eigenvalue weighted by Gasteiger charge is -2.11. The van der Waals surface area contributed by atoms with Crippen LogP contribution in [-0.4, -0.2) is 35.8 Å². The summed E-state index contributed by atoms with van der Waals surface area (Å²) in [6.07, 6.45) is 4.46. The van der Waals surface area contributed by atoms with Crippen LogP contribution in [0.5, 0.6) is 5.88 Å². The SMILES string of the molecule is CCNCc1cncc(OC2CCOC2)n1. The lowest BCUT2D eigenvalue weighted by molar-refractivity contribution is 0.137. The van der Waals surface area contributed by atoms with E-state index in [0.29, 0.717) is 12.5 Å². The van der Waals surface area contributed by atoms with Gasteiger partial charge in [-0.3, -0.25) is 4.98 Å². The van der Waals surface area contributed by atoms with Crippen molar-refractivity contribution in [2.75, 3.05) is 19.8 Å². The molecule has 2 rings (SSSR count). The zero-order valence-electron chi connectivity index (χ0n) is 9.48. The molecule has 1 N–H and O–H groups in total. The van der Waals surface area contributed by atoms with E-state index in [-0.39, 0.29) is 6.10 Å². The average Bonchev–Trinajstić information content (AvgIpc) is 2.80. The Kier molecular flexibility index (Phi) is 4.07. The van der Waals surface area contributed by atoms with E-state index in [9.17, 15) is 0 Å². The molecule has 5 nitrogen and oxygen atoms in total. The predicted molar refractivity (Wildman–Crippen MR) is 59.3 cm³/mol. The van der Waals surface area contributed by atoms with Gasteiger partial charge < -0.3 is 14.8 Å². The number of hydrogen-bond donors (Lipinski definition) is 1. The van der Waals surface area contributed by atoms with Gasteiger partial charge >= 0.3 is 0 Å². The second-order valence-corrected chi connectivity index (χ2v) is 3.73. The fourth-order valence-corrected chi connectivity index (χ4v) is 1.56. The van der Waals surface area contributed by atoms with Gasteiger partial charge in [-0.1, -0.05) is 6.92 Å². The highest BCUT2D eigenvalue weighted by molar-refractivity contribution is 5.08. The van der Waals surface area contributed by atoms with Crippen LogP contribution >= 0.6 is 0 Å². The van der Waals surface area contributed by atoms with Crippen LogP contribution in [0.15, 0.2) is 12.4 Å². The fraction of sp³-hybridized carbons (Fsp3) is 0.636. The molecule has 0 aromatic carbocycles. The van der Waals surface area contributed by atoms with Crippen molar-refractivity contribution < 1.29 is 9.47 Å². The topological polar surface area (TPSA) is 56.3 Å². The molecule has 5 heteroatoms. The van der Waals surface area contributed by atoms with Crippen LogP contribution < -0.4 is 10.1 Å². The molecule has 1 atom stereocenters. The first kappa shape index (κ1) is 11.3. The Morgan fingerprint density at radius 3 is 3.25 bits per heavy atom. The summed E-state index contributed by atoms with van der Waals surface area (Å²) < 4.78 is 10.9. The van der Waals surface area contributed by atoms with Gasteiger partial charge in [0.25, 0.3) is 0 Å². The van der Waals surface area contributed by atoms with E-state index in [0.717, 1.165) is 31.8 Å². The minimum absolute atomic E-state index is 0.128. The predicted octanol–water partition coefficient (Wildman–Crippen LogP) is 0.754. The molecule has 1 unspecified atom stereocenters. The van der Waals surface area contributed by atoms with Crippen molar-refractivity contribution in [1.29, 1.82) is 0 Å². The highest BCUT2D eigenvalue weighted by atomic mass is 16.5. The molecule has 1 aromatic rings. The fourth-order valence-electron chi connectivity index (χ4n) is 1.56. The van der Waals surface area contributed by atoms with Gasteiger partial charge in [-0.05, 0) is 6.54 Å². The molecule has 1 fully saturated rings. The van der Waals surface area contributed by atoms with Crippen LogP contribution in [0.2, 0.25) is 0 Å². The first-order valence-electron chi connectivity index (χ1n) is 5.64. The van der Waals surface area contributed by atoms with Crippen molar-refractivity contribution in [3.63, 3.8) is 0 Å². The Morgan fingerprint density at radius 1 is 1.56 bits per heavy atom. The first-order valence-corrected chi connectivity index (χ1v) is 5.64. The van der Waals surface area contributed by atoms with Gasteiger partial charge in [0, 0.05) is 19.2 Å². The Balaban J connectivity index is 1.92. The van der Waals surface area contributed by atoms with E-state index in [2.05, 4.69) is 22.2 Å². The number of ether oxygens (including phenoxy) is 2. The van der Waals surface area contributed by atoms with Gasteiger partial charge in [0.15, 0.2) is 0 Å². The van der Waals surface area contributed by atoms with E-state index < -0.39 is 0 Å². The summed E-state index contributed by atoms with van der Waals surface area (Å²) in [5.74, 6) is 0.589. The second-order valence-electron chi connectivity index (χ2n) is 3.73. The molecule has 0 aliphatic carbocycles. The molecule has 0 radical (unpaired) electrons. The molecule has 0 saturated carbocycles. The molecule has 88 valence electrons. The Hall–Kier alpha value is -1.20. The Morgan fingerprint density at radius 2 is 2.50 bits per heavy atom. The zero-order valence-corrected chi connectivity index (χ0v) is 9.48. The summed E-state index contributed by atoms with van der Waals surface area (Å²) in [5.41, 5.74) is 0.901. The maximum absolute atomic E-state index is 5.67. The quantitative estimate of drug-likeness (QED) is 0.798. The Bertz CT molecular complexity index is 327. The summed E-state index contributed by atoms with van der Waals surface area (Å²) in [7, 11) is 0. The van der Waals surface area contributed by atoms with Crippen LogP contribution in [0, 0.1) is 0 Å². The standard InChI is InChI=1S/C11H17N3O2/c1-2-12-5-9-6-13-7-11(14-9)16-10-3-4-15-8-10/h6-7,10,12H,2-5,8H2,1H3. The van der Waals surface area contributed by atoms with E-state index in [4.69, 9.17) is 9.47 Å². The van der Waals surface area contributed by atoms with Crippen molar-refractivity contribution in [1.82, 2.24) is 15.3 Å². The lowest BCUT2D eigenvalue weighted by atomic mass is 10.3. The number of aromatic nitrogens is 2. The van der Waals surface area contributed by atoms with Crippen LogP contribution in [0.1, 0.15) is 19.0 Å². The second kappa shape index (κ2) is 5.77. The third kappa shape index (κ3) is 3.15. The third-order valence-electron chi connectivity index (χ3n) is 2.39. The molecule has 16 heavy (non-hydrogen) atoms. The number of hydrogen-bond acceptors (Lipinski definition) is 5. The highest BCUT2D eigenvalue weighted by Gasteiger charge is 2.17. The summed E-state index contributed by atoms with van der Waals surface area (Å²) in [6.45, 7) is 5.13. The molecule has 0 amide bonds. The summed E-state index contributed by atoms with van der Waals surface area (Å²) >= 11 is 0. The van der Waals surface area contributed by atoms with Gasteiger partial charge in [0.2, 0.25) is 5.88 Å².